The van der Waals surface area contributed by atoms with E-state index >= 15 is 0 Å². The van der Waals surface area contributed by atoms with Crippen molar-refractivity contribution in [2.24, 2.45) is 0 Å². The van der Waals surface area contributed by atoms with Crippen LogP contribution in [-0.2, 0) is 19.5 Å². The predicted molar refractivity (Wildman–Crippen MR) is 94.9 cm³/mol. The van der Waals surface area contributed by atoms with E-state index in [1.807, 2.05) is 72.8 Å². The summed E-state index contributed by atoms with van der Waals surface area (Å²) in [5.41, 5.74) is 3.66. The second-order valence-electron chi connectivity index (χ2n) is 5.24. The summed E-state index contributed by atoms with van der Waals surface area (Å²) in [5, 5.41) is 0. The SMILES string of the molecule is [Cl-].[Cl-].[O-][Cl+3]([O-])([O-])[O-].[Rh+3].c1ccc(-c2ccccn2)nc1.c1ccc(-c2ccccn2)nc1. The van der Waals surface area contributed by atoms with Gasteiger partial charge in [-0.3, -0.25) is 19.9 Å². The molecule has 0 bridgehead atoms. The van der Waals surface area contributed by atoms with E-state index in [0.29, 0.717) is 0 Å². The van der Waals surface area contributed by atoms with Crippen LogP contribution in [0.15, 0.2) is 97.6 Å². The second-order valence-corrected chi connectivity index (χ2v) is 5.99. The molecule has 0 saturated heterocycles. The molecule has 0 aliphatic heterocycles. The molecular formula is C20H16Cl3N4O4Rh. The Morgan fingerprint density at radius 3 is 0.750 bits per heavy atom. The fourth-order valence-electron chi connectivity index (χ4n) is 2.06. The van der Waals surface area contributed by atoms with Crippen molar-refractivity contribution in [3.05, 3.63) is 97.6 Å². The Morgan fingerprint density at radius 2 is 0.625 bits per heavy atom. The number of nitrogens with zero attached hydrogens (tertiary/aromatic N) is 4. The summed E-state index contributed by atoms with van der Waals surface area (Å²) in [6, 6.07) is 23.2. The van der Waals surface area contributed by atoms with Crippen LogP contribution < -0.4 is 43.5 Å². The zero-order chi connectivity index (χ0) is 21.0. The molecule has 0 radical (unpaired) electrons. The minimum absolute atomic E-state index is 0. The number of hydrogen-bond acceptors (Lipinski definition) is 8. The van der Waals surface area contributed by atoms with Gasteiger partial charge in [0.25, 0.3) is 0 Å². The van der Waals surface area contributed by atoms with E-state index < -0.39 is 10.2 Å². The maximum Gasteiger partial charge on any atom is 3.00 e. The summed E-state index contributed by atoms with van der Waals surface area (Å²) in [6.07, 6.45) is 7.07. The van der Waals surface area contributed by atoms with Crippen LogP contribution in [0.25, 0.3) is 22.8 Å². The molecule has 0 aromatic carbocycles. The molecule has 8 nitrogen and oxygen atoms in total. The summed E-state index contributed by atoms with van der Waals surface area (Å²) < 4.78 is 34.0. The average Bonchev–Trinajstić information content (AvgIpc) is 2.76. The maximum absolute atomic E-state index is 8.49. The van der Waals surface area contributed by atoms with E-state index in [0.717, 1.165) is 22.8 Å². The van der Waals surface area contributed by atoms with Crippen LogP contribution in [0.2, 0.25) is 0 Å². The number of hydrogen-bond donors (Lipinski definition) is 0. The standard InChI is InChI=1S/2C10H8N2.ClHO4.2ClH.Rh/c2*1-3-7-11-9(5-1)10-6-2-4-8-12-10;2-1(3,4)5;;;/h2*1-8H;(H,2,3,4,5);2*1H;/q;;;;;+3/p-3. The van der Waals surface area contributed by atoms with Gasteiger partial charge in [0, 0.05) is 24.8 Å². The van der Waals surface area contributed by atoms with Crippen molar-refractivity contribution >= 4 is 0 Å². The van der Waals surface area contributed by atoms with E-state index in [1.54, 1.807) is 24.8 Å². The molecule has 170 valence electrons. The average molecular weight is 586 g/mol. The monoisotopic (exact) mass is 584 g/mol. The topological polar surface area (TPSA) is 144 Å². The Kier molecular flexibility index (Phi) is 17.5. The molecule has 0 N–H and O–H groups in total. The molecule has 0 fully saturated rings. The van der Waals surface area contributed by atoms with Gasteiger partial charge in [0.2, 0.25) is 0 Å². The van der Waals surface area contributed by atoms with Gasteiger partial charge in [0.1, 0.15) is 0 Å². The molecule has 0 aliphatic rings. The molecule has 0 aliphatic carbocycles. The molecule has 0 saturated carbocycles. The van der Waals surface area contributed by atoms with Gasteiger partial charge in [-0.1, -0.05) is 24.3 Å². The van der Waals surface area contributed by atoms with Crippen molar-refractivity contribution in [2.45, 2.75) is 0 Å². The summed E-state index contributed by atoms with van der Waals surface area (Å²) in [4.78, 5) is 16.7. The van der Waals surface area contributed by atoms with Gasteiger partial charge in [-0.25, -0.2) is 18.6 Å². The van der Waals surface area contributed by atoms with Crippen molar-refractivity contribution in [3.63, 3.8) is 0 Å². The predicted octanol–water partition coefficient (Wildman–Crippen LogP) is -6.46. The maximum atomic E-state index is 8.49. The van der Waals surface area contributed by atoms with Crippen molar-refractivity contribution in [1.82, 2.24) is 19.9 Å². The molecule has 0 spiro atoms. The number of halogens is 3. The Hall–Kier alpha value is -2.07. The third kappa shape index (κ3) is 14.1. The zero-order valence-corrected chi connectivity index (χ0v) is 20.0. The summed E-state index contributed by atoms with van der Waals surface area (Å²) in [5.74, 6) is 0. The molecule has 4 heterocycles. The third-order valence-electron chi connectivity index (χ3n) is 3.18. The van der Waals surface area contributed by atoms with Gasteiger partial charge in [-0.05, 0) is 48.5 Å². The molecule has 32 heavy (non-hydrogen) atoms. The van der Waals surface area contributed by atoms with Crippen molar-refractivity contribution in [2.75, 3.05) is 0 Å². The number of rotatable bonds is 2. The van der Waals surface area contributed by atoms with Crippen LogP contribution in [0.5, 0.6) is 0 Å². The molecule has 4 aromatic heterocycles. The molecule has 0 unspecified atom stereocenters. The van der Waals surface area contributed by atoms with E-state index in [2.05, 4.69) is 19.9 Å². The van der Waals surface area contributed by atoms with Gasteiger partial charge >= 0.3 is 19.5 Å². The van der Waals surface area contributed by atoms with Crippen LogP contribution >= 0.6 is 0 Å². The molecule has 0 atom stereocenters. The van der Waals surface area contributed by atoms with Crippen LogP contribution in [-0.4, -0.2) is 19.9 Å². The van der Waals surface area contributed by atoms with E-state index in [9.17, 15) is 0 Å². The summed E-state index contributed by atoms with van der Waals surface area (Å²) in [7, 11) is -4.94. The fourth-order valence-corrected chi connectivity index (χ4v) is 2.06. The first-order chi connectivity index (χ1) is 13.9. The molecular weight excluding hydrogens is 570 g/mol. The third-order valence-corrected chi connectivity index (χ3v) is 3.18. The second kappa shape index (κ2) is 17.5. The first-order valence-corrected chi connectivity index (χ1v) is 9.43. The van der Waals surface area contributed by atoms with E-state index in [1.165, 1.54) is 0 Å². The van der Waals surface area contributed by atoms with Gasteiger partial charge < -0.3 is 24.8 Å². The smallest absolute Gasteiger partial charge is 1.00 e. The van der Waals surface area contributed by atoms with E-state index in [-0.39, 0.29) is 44.3 Å². The van der Waals surface area contributed by atoms with E-state index in [4.69, 9.17) is 18.6 Å². The minimum Gasteiger partial charge on any atom is -1.00 e. The van der Waals surface area contributed by atoms with Crippen molar-refractivity contribution in [1.29, 1.82) is 0 Å². The summed E-state index contributed by atoms with van der Waals surface area (Å²) >= 11 is 0. The normalized spacial score (nSPS) is 9.12. The number of aromatic nitrogens is 4. The fraction of sp³-hybridized carbons (Fsp3) is 0. The van der Waals surface area contributed by atoms with Gasteiger partial charge in [-0.2, -0.15) is 0 Å². The van der Waals surface area contributed by atoms with Crippen molar-refractivity contribution < 1.29 is 73.2 Å². The van der Waals surface area contributed by atoms with Crippen LogP contribution in [0.4, 0.5) is 0 Å². The van der Waals surface area contributed by atoms with Gasteiger partial charge in [0.15, 0.2) is 0 Å². The van der Waals surface area contributed by atoms with Crippen LogP contribution in [0.1, 0.15) is 0 Å². The molecule has 4 aromatic rings. The Balaban J connectivity index is 0. The Labute approximate surface area is 212 Å². The van der Waals surface area contributed by atoms with Crippen LogP contribution in [0.3, 0.4) is 0 Å². The van der Waals surface area contributed by atoms with Crippen LogP contribution in [0, 0.1) is 10.2 Å². The zero-order valence-electron chi connectivity index (χ0n) is 16.1. The quantitative estimate of drug-likeness (QED) is 0.211. The number of pyridine rings is 4. The van der Waals surface area contributed by atoms with Gasteiger partial charge in [0.05, 0.1) is 22.8 Å². The molecule has 4 rings (SSSR count). The first kappa shape index (κ1) is 32.1. The summed E-state index contributed by atoms with van der Waals surface area (Å²) in [6.45, 7) is 0. The molecule has 0 amide bonds. The van der Waals surface area contributed by atoms with Crippen molar-refractivity contribution in [3.8, 4) is 22.8 Å². The molecule has 12 heteroatoms. The first-order valence-electron chi connectivity index (χ1n) is 8.20. The van der Waals surface area contributed by atoms with Gasteiger partial charge in [-0.15, -0.1) is 10.2 Å². The largest absolute Gasteiger partial charge is 3.00 e. The Morgan fingerprint density at radius 1 is 0.438 bits per heavy atom. The minimum atomic E-state index is -4.94. The Bertz CT molecular complexity index is 800.